The molecule has 0 bridgehead atoms. The van der Waals surface area contributed by atoms with Crippen molar-refractivity contribution >= 4 is 23.4 Å². The summed E-state index contributed by atoms with van der Waals surface area (Å²) < 4.78 is 27.5. The number of hydrogen-bond acceptors (Lipinski definition) is 7. The second-order valence-electron chi connectivity index (χ2n) is 8.36. The van der Waals surface area contributed by atoms with Crippen LogP contribution in [-0.4, -0.2) is 46.2 Å². The maximum absolute atomic E-state index is 14.5. The molecule has 1 aromatic heterocycles. The second-order valence-corrected chi connectivity index (χ2v) is 9.30. The molecule has 1 aliphatic rings. The van der Waals surface area contributed by atoms with E-state index in [1.54, 1.807) is 41.3 Å². The molecule has 0 spiro atoms. The largest absolute Gasteiger partial charge is 0.486 e. The molecule has 10 heteroatoms. The minimum Gasteiger partial charge on any atom is -0.486 e. The van der Waals surface area contributed by atoms with E-state index in [9.17, 15) is 9.18 Å². The number of nitriles is 1. The Morgan fingerprint density at radius 3 is 2.71 bits per heavy atom. The number of benzene rings is 2. The van der Waals surface area contributed by atoms with Crippen LogP contribution in [0.5, 0.6) is 11.5 Å². The summed E-state index contributed by atoms with van der Waals surface area (Å²) >= 11 is 1.24. The Balaban J connectivity index is 1.56. The van der Waals surface area contributed by atoms with Crippen molar-refractivity contribution in [3.8, 4) is 29.0 Å². The summed E-state index contributed by atoms with van der Waals surface area (Å²) in [5.74, 6) is 1.41. The summed E-state index contributed by atoms with van der Waals surface area (Å²) in [6.07, 6.45) is 0.186. The summed E-state index contributed by atoms with van der Waals surface area (Å²) in [4.78, 5) is 14.8. The Morgan fingerprint density at radius 1 is 1.20 bits per heavy atom. The van der Waals surface area contributed by atoms with Crippen LogP contribution < -0.4 is 14.4 Å². The van der Waals surface area contributed by atoms with Gasteiger partial charge in [-0.2, -0.15) is 5.26 Å². The van der Waals surface area contributed by atoms with Crippen LogP contribution in [-0.2, 0) is 11.3 Å². The van der Waals surface area contributed by atoms with Crippen LogP contribution in [0.1, 0.15) is 20.3 Å². The molecule has 0 radical (unpaired) electrons. The first-order valence-corrected chi connectivity index (χ1v) is 12.3. The summed E-state index contributed by atoms with van der Waals surface area (Å²) in [6.45, 7) is 5.84. The van der Waals surface area contributed by atoms with Gasteiger partial charge in [0.2, 0.25) is 5.91 Å². The summed E-state index contributed by atoms with van der Waals surface area (Å²) in [5.41, 5.74) is 0.997. The molecule has 3 aromatic rings. The standard InChI is InChI=1S/C25H26FN5O3S/c1-17(2)15-31-24(19-6-3-4-7-20(19)26)28-29-25(31)35-16-23(32)30(11-5-10-27)18-8-9-21-22(14-18)34-13-12-33-21/h3-4,6-9,14,17H,5,11-13,15-16H2,1-2H3. The predicted octanol–water partition coefficient (Wildman–Crippen LogP) is 4.55. The lowest BCUT2D eigenvalue weighted by atomic mass is 10.2. The summed E-state index contributed by atoms with van der Waals surface area (Å²) in [5, 5.41) is 18.1. The van der Waals surface area contributed by atoms with Crippen molar-refractivity contribution < 1.29 is 18.7 Å². The first-order valence-electron chi connectivity index (χ1n) is 11.4. The monoisotopic (exact) mass is 495 g/mol. The number of fused-ring (bicyclic) bond motifs is 1. The van der Waals surface area contributed by atoms with E-state index in [2.05, 4.69) is 30.1 Å². The third-order valence-electron chi connectivity index (χ3n) is 5.29. The topological polar surface area (TPSA) is 93.3 Å². The average molecular weight is 496 g/mol. The zero-order chi connectivity index (χ0) is 24.8. The first-order chi connectivity index (χ1) is 17.0. The van der Waals surface area contributed by atoms with Crippen LogP contribution in [0.2, 0.25) is 0 Å². The normalized spacial score (nSPS) is 12.4. The molecule has 0 aliphatic carbocycles. The molecule has 1 amide bonds. The fraction of sp³-hybridized carbons (Fsp3) is 0.360. The molecule has 0 saturated heterocycles. The number of aromatic nitrogens is 3. The number of nitrogens with zero attached hydrogens (tertiary/aromatic N) is 5. The van der Waals surface area contributed by atoms with Crippen LogP contribution in [0, 0.1) is 23.1 Å². The Hall–Kier alpha value is -3.58. The van der Waals surface area contributed by atoms with E-state index in [1.165, 1.54) is 17.8 Å². The quantitative estimate of drug-likeness (QED) is 0.402. The lowest BCUT2D eigenvalue weighted by molar-refractivity contribution is -0.116. The van der Waals surface area contributed by atoms with Gasteiger partial charge in [0.05, 0.1) is 23.8 Å². The third-order valence-corrected chi connectivity index (χ3v) is 6.24. The zero-order valence-electron chi connectivity index (χ0n) is 19.6. The Bertz CT molecular complexity index is 1240. The number of halogens is 1. The van der Waals surface area contributed by atoms with E-state index in [4.69, 9.17) is 14.7 Å². The van der Waals surface area contributed by atoms with E-state index in [1.807, 2.05) is 4.57 Å². The lowest BCUT2D eigenvalue weighted by Crippen LogP contribution is -2.33. The molecular formula is C25H26FN5O3S. The minimum atomic E-state index is -0.376. The van der Waals surface area contributed by atoms with E-state index in [0.29, 0.717) is 53.5 Å². The van der Waals surface area contributed by atoms with Gasteiger partial charge in [0, 0.05) is 24.8 Å². The highest BCUT2D eigenvalue weighted by Crippen LogP contribution is 2.34. The van der Waals surface area contributed by atoms with Gasteiger partial charge in [-0.25, -0.2) is 4.39 Å². The highest BCUT2D eigenvalue weighted by molar-refractivity contribution is 7.99. The number of carbonyl (C=O) groups is 1. The Morgan fingerprint density at radius 2 is 1.97 bits per heavy atom. The predicted molar refractivity (Wildman–Crippen MR) is 131 cm³/mol. The van der Waals surface area contributed by atoms with Gasteiger partial charge in [-0.05, 0) is 30.2 Å². The molecule has 1 aliphatic heterocycles. The molecule has 2 aromatic carbocycles. The van der Waals surface area contributed by atoms with E-state index < -0.39 is 0 Å². The second kappa shape index (κ2) is 11.2. The van der Waals surface area contributed by atoms with Crippen molar-refractivity contribution in [1.82, 2.24) is 14.8 Å². The van der Waals surface area contributed by atoms with Crippen molar-refractivity contribution in [1.29, 1.82) is 5.26 Å². The molecule has 0 N–H and O–H groups in total. The molecule has 0 saturated carbocycles. The maximum Gasteiger partial charge on any atom is 0.237 e. The van der Waals surface area contributed by atoms with Crippen molar-refractivity contribution in [2.75, 3.05) is 30.4 Å². The number of thioether (sulfide) groups is 1. The molecule has 8 nitrogen and oxygen atoms in total. The smallest absolute Gasteiger partial charge is 0.237 e. The zero-order valence-corrected chi connectivity index (χ0v) is 20.4. The average Bonchev–Trinajstić information content (AvgIpc) is 3.24. The van der Waals surface area contributed by atoms with Crippen molar-refractivity contribution in [3.63, 3.8) is 0 Å². The molecule has 0 atom stereocenters. The molecule has 2 heterocycles. The Labute approximate surface area is 207 Å². The number of amides is 1. The molecule has 35 heavy (non-hydrogen) atoms. The number of carbonyl (C=O) groups excluding carboxylic acids is 1. The van der Waals surface area contributed by atoms with Gasteiger partial charge in [0.25, 0.3) is 0 Å². The van der Waals surface area contributed by atoms with Gasteiger partial charge in [-0.3, -0.25) is 4.79 Å². The van der Waals surface area contributed by atoms with Crippen molar-refractivity contribution in [3.05, 3.63) is 48.3 Å². The number of ether oxygens (including phenoxy) is 2. The molecular weight excluding hydrogens is 469 g/mol. The molecule has 0 fully saturated rings. The van der Waals surface area contributed by atoms with E-state index in [-0.39, 0.29) is 36.4 Å². The van der Waals surface area contributed by atoms with Gasteiger partial charge < -0.3 is 18.9 Å². The third kappa shape index (κ3) is 5.74. The highest BCUT2D eigenvalue weighted by Gasteiger charge is 2.22. The van der Waals surface area contributed by atoms with Gasteiger partial charge >= 0.3 is 0 Å². The number of hydrogen-bond donors (Lipinski definition) is 0. The van der Waals surface area contributed by atoms with Crippen LogP contribution in [0.3, 0.4) is 0 Å². The number of rotatable bonds is 9. The van der Waals surface area contributed by atoms with Gasteiger partial charge in [0.1, 0.15) is 19.0 Å². The minimum absolute atomic E-state index is 0.0768. The molecule has 4 rings (SSSR count). The first kappa shape index (κ1) is 24.5. The SMILES string of the molecule is CC(C)Cn1c(SCC(=O)N(CCC#N)c2ccc3c(c2)OCCO3)nnc1-c1ccccc1F. The van der Waals surface area contributed by atoms with Crippen LogP contribution in [0.25, 0.3) is 11.4 Å². The lowest BCUT2D eigenvalue weighted by Gasteiger charge is -2.24. The van der Waals surface area contributed by atoms with E-state index in [0.717, 1.165) is 0 Å². The van der Waals surface area contributed by atoms with Crippen molar-refractivity contribution in [2.24, 2.45) is 5.92 Å². The summed E-state index contributed by atoms with van der Waals surface area (Å²) in [7, 11) is 0. The molecule has 0 unspecified atom stereocenters. The van der Waals surface area contributed by atoms with E-state index >= 15 is 0 Å². The van der Waals surface area contributed by atoms with Crippen LogP contribution in [0.4, 0.5) is 10.1 Å². The van der Waals surface area contributed by atoms with Crippen LogP contribution in [0.15, 0.2) is 47.6 Å². The van der Waals surface area contributed by atoms with Crippen LogP contribution >= 0.6 is 11.8 Å². The fourth-order valence-electron chi connectivity index (χ4n) is 3.73. The van der Waals surface area contributed by atoms with Gasteiger partial charge in [-0.1, -0.05) is 37.7 Å². The summed E-state index contributed by atoms with van der Waals surface area (Å²) in [6, 6.07) is 13.8. The fourth-order valence-corrected chi connectivity index (χ4v) is 4.55. The Kier molecular flexibility index (Phi) is 7.87. The number of anilines is 1. The molecule has 182 valence electrons. The van der Waals surface area contributed by atoms with Crippen molar-refractivity contribution in [2.45, 2.75) is 32.0 Å². The van der Waals surface area contributed by atoms with Gasteiger partial charge in [0.15, 0.2) is 22.5 Å². The highest BCUT2D eigenvalue weighted by atomic mass is 32.2. The van der Waals surface area contributed by atoms with Gasteiger partial charge in [-0.15, -0.1) is 10.2 Å². The maximum atomic E-state index is 14.5.